The molecule has 0 saturated heterocycles. The SMILES string of the molecule is C[C@@H](c1ccccn1)N(C)Cc1csc(-c2ccoc2)n1. The Morgan fingerprint density at radius 3 is 2.95 bits per heavy atom. The molecule has 21 heavy (non-hydrogen) atoms. The number of furan rings is 1. The van der Waals surface area contributed by atoms with Crippen molar-refractivity contribution in [2.45, 2.75) is 19.5 Å². The van der Waals surface area contributed by atoms with Gasteiger partial charge in [0.25, 0.3) is 0 Å². The van der Waals surface area contributed by atoms with Crippen molar-refractivity contribution >= 4 is 11.3 Å². The van der Waals surface area contributed by atoms with Crippen LogP contribution in [0.15, 0.2) is 52.8 Å². The number of hydrogen-bond acceptors (Lipinski definition) is 5. The minimum Gasteiger partial charge on any atom is -0.472 e. The van der Waals surface area contributed by atoms with Crippen molar-refractivity contribution in [3.63, 3.8) is 0 Å². The lowest BCUT2D eigenvalue weighted by molar-refractivity contribution is 0.246. The van der Waals surface area contributed by atoms with Gasteiger partial charge in [-0.3, -0.25) is 9.88 Å². The van der Waals surface area contributed by atoms with E-state index in [1.54, 1.807) is 23.9 Å². The first-order valence-corrected chi connectivity index (χ1v) is 7.70. The third-order valence-electron chi connectivity index (χ3n) is 3.51. The van der Waals surface area contributed by atoms with E-state index >= 15 is 0 Å². The van der Waals surface area contributed by atoms with Crippen molar-refractivity contribution in [2.75, 3.05) is 7.05 Å². The van der Waals surface area contributed by atoms with E-state index in [2.05, 4.69) is 40.3 Å². The quantitative estimate of drug-likeness (QED) is 0.714. The minimum atomic E-state index is 0.255. The Bertz CT molecular complexity index is 679. The fraction of sp³-hybridized carbons (Fsp3) is 0.250. The van der Waals surface area contributed by atoms with Crippen LogP contribution >= 0.6 is 11.3 Å². The second kappa shape index (κ2) is 6.20. The molecule has 0 unspecified atom stereocenters. The van der Waals surface area contributed by atoms with Crippen LogP contribution in [0.3, 0.4) is 0 Å². The molecule has 0 bridgehead atoms. The zero-order chi connectivity index (χ0) is 14.7. The smallest absolute Gasteiger partial charge is 0.126 e. The normalized spacial score (nSPS) is 12.7. The van der Waals surface area contributed by atoms with Gasteiger partial charge in [-0.25, -0.2) is 4.98 Å². The third-order valence-corrected chi connectivity index (χ3v) is 4.45. The van der Waals surface area contributed by atoms with E-state index in [1.165, 1.54) is 0 Å². The van der Waals surface area contributed by atoms with Gasteiger partial charge in [-0.2, -0.15) is 0 Å². The van der Waals surface area contributed by atoms with Crippen LogP contribution in [-0.4, -0.2) is 21.9 Å². The molecule has 0 spiro atoms. The number of thiazole rings is 1. The van der Waals surface area contributed by atoms with Crippen LogP contribution in [0, 0.1) is 0 Å². The number of hydrogen-bond donors (Lipinski definition) is 0. The molecular weight excluding hydrogens is 282 g/mol. The molecule has 4 nitrogen and oxygen atoms in total. The summed E-state index contributed by atoms with van der Waals surface area (Å²) in [6.45, 7) is 2.96. The predicted molar refractivity (Wildman–Crippen MR) is 83.9 cm³/mol. The summed E-state index contributed by atoms with van der Waals surface area (Å²) in [5, 5.41) is 3.10. The molecule has 0 aliphatic heterocycles. The Morgan fingerprint density at radius 2 is 2.24 bits per heavy atom. The fourth-order valence-corrected chi connectivity index (χ4v) is 2.94. The molecule has 5 heteroatoms. The maximum atomic E-state index is 5.10. The van der Waals surface area contributed by atoms with Crippen LogP contribution in [0.4, 0.5) is 0 Å². The Balaban J connectivity index is 1.69. The number of pyridine rings is 1. The lowest BCUT2D eigenvalue weighted by atomic mass is 10.2. The van der Waals surface area contributed by atoms with Gasteiger partial charge in [-0.15, -0.1) is 11.3 Å². The Labute approximate surface area is 128 Å². The highest BCUT2D eigenvalue weighted by atomic mass is 32.1. The van der Waals surface area contributed by atoms with Crippen molar-refractivity contribution in [2.24, 2.45) is 0 Å². The molecule has 0 aliphatic carbocycles. The predicted octanol–water partition coefficient (Wildman–Crippen LogP) is 3.99. The van der Waals surface area contributed by atoms with Gasteiger partial charge in [-0.05, 0) is 32.2 Å². The highest BCUT2D eigenvalue weighted by molar-refractivity contribution is 7.13. The summed E-state index contributed by atoms with van der Waals surface area (Å²) >= 11 is 1.64. The summed E-state index contributed by atoms with van der Waals surface area (Å²) in [7, 11) is 2.09. The molecule has 3 heterocycles. The highest BCUT2D eigenvalue weighted by Crippen LogP contribution is 2.25. The average Bonchev–Trinajstić information content (AvgIpc) is 3.18. The van der Waals surface area contributed by atoms with Gasteiger partial charge in [0.15, 0.2) is 0 Å². The summed E-state index contributed by atoms with van der Waals surface area (Å²) in [4.78, 5) is 11.3. The lowest BCUT2D eigenvalue weighted by Crippen LogP contribution is -2.22. The zero-order valence-corrected chi connectivity index (χ0v) is 12.9. The van der Waals surface area contributed by atoms with E-state index in [4.69, 9.17) is 4.42 Å². The van der Waals surface area contributed by atoms with Crippen molar-refractivity contribution in [3.8, 4) is 10.6 Å². The molecule has 1 atom stereocenters. The van der Waals surface area contributed by atoms with Gasteiger partial charge in [-0.1, -0.05) is 6.07 Å². The maximum absolute atomic E-state index is 5.10. The molecule has 0 amide bonds. The molecule has 3 aromatic rings. The molecule has 0 N–H and O–H groups in total. The van der Waals surface area contributed by atoms with E-state index in [-0.39, 0.29) is 6.04 Å². The van der Waals surface area contributed by atoms with Crippen LogP contribution in [0.5, 0.6) is 0 Å². The first kappa shape index (κ1) is 14.0. The monoisotopic (exact) mass is 299 g/mol. The van der Waals surface area contributed by atoms with Gasteiger partial charge in [0.1, 0.15) is 11.3 Å². The van der Waals surface area contributed by atoms with Crippen LogP contribution < -0.4 is 0 Å². The molecular formula is C16H17N3OS. The molecule has 0 radical (unpaired) electrons. The van der Waals surface area contributed by atoms with E-state index in [0.717, 1.165) is 28.5 Å². The van der Waals surface area contributed by atoms with Crippen LogP contribution in [-0.2, 0) is 6.54 Å². The van der Waals surface area contributed by atoms with Crippen LogP contribution in [0.1, 0.15) is 24.4 Å². The Morgan fingerprint density at radius 1 is 1.33 bits per heavy atom. The van der Waals surface area contributed by atoms with Crippen molar-refractivity contribution in [1.29, 1.82) is 0 Å². The van der Waals surface area contributed by atoms with Gasteiger partial charge < -0.3 is 4.42 Å². The highest BCUT2D eigenvalue weighted by Gasteiger charge is 2.14. The van der Waals surface area contributed by atoms with Gasteiger partial charge >= 0.3 is 0 Å². The van der Waals surface area contributed by atoms with Crippen LogP contribution in [0.25, 0.3) is 10.6 Å². The molecule has 0 fully saturated rings. The number of rotatable bonds is 5. The van der Waals surface area contributed by atoms with E-state index in [0.29, 0.717) is 0 Å². The fourth-order valence-electron chi connectivity index (χ4n) is 2.14. The van der Waals surface area contributed by atoms with Crippen molar-refractivity contribution < 1.29 is 4.42 Å². The average molecular weight is 299 g/mol. The number of nitrogens with zero attached hydrogens (tertiary/aromatic N) is 3. The lowest BCUT2D eigenvalue weighted by Gasteiger charge is -2.23. The molecule has 0 saturated carbocycles. The standard InChI is InChI=1S/C16H17N3OS/c1-12(15-5-3-4-7-17-15)19(2)9-14-11-21-16(18-14)13-6-8-20-10-13/h3-8,10-12H,9H2,1-2H3/t12-/m0/s1. The summed E-state index contributed by atoms with van der Waals surface area (Å²) in [5.41, 5.74) is 3.18. The van der Waals surface area contributed by atoms with Crippen LogP contribution in [0.2, 0.25) is 0 Å². The minimum absolute atomic E-state index is 0.255. The van der Waals surface area contributed by atoms with E-state index in [9.17, 15) is 0 Å². The molecule has 3 rings (SSSR count). The van der Waals surface area contributed by atoms with Crippen molar-refractivity contribution in [3.05, 3.63) is 59.8 Å². The second-order valence-electron chi connectivity index (χ2n) is 5.00. The maximum Gasteiger partial charge on any atom is 0.126 e. The zero-order valence-electron chi connectivity index (χ0n) is 12.1. The van der Waals surface area contributed by atoms with Gasteiger partial charge in [0.05, 0.1) is 17.7 Å². The van der Waals surface area contributed by atoms with Crippen molar-refractivity contribution in [1.82, 2.24) is 14.9 Å². The molecule has 0 aliphatic rings. The first-order valence-electron chi connectivity index (χ1n) is 6.82. The summed E-state index contributed by atoms with van der Waals surface area (Å²) in [5.74, 6) is 0. The summed E-state index contributed by atoms with van der Waals surface area (Å²) in [6, 6.07) is 8.20. The molecule has 0 aromatic carbocycles. The van der Waals surface area contributed by atoms with E-state index < -0.39 is 0 Å². The van der Waals surface area contributed by atoms with Gasteiger partial charge in [0, 0.05) is 29.7 Å². The molecule has 3 aromatic heterocycles. The summed E-state index contributed by atoms with van der Waals surface area (Å²) in [6.07, 6.45) is 5.23. The second-order valence-corrected chi connectivity index (χ2v) is 5.86. The Hall–Kier alpha value is -1.98. The number of aromatic nitrogens is 2. The topological polar surface area (TPSA) is 42.2 Å². The molecule has 108 valence electrons. The summed E-state index contributed by atoms with van der Waals surface area (Å²) < 4.78 is 5.10. The largest absolute Gasteiger partial charge is 0.472 e. The third kappa shape index (κ3) is 3.20. The Kier molecular flexibility index (Phi) is 4.13. The van der Waals surface area contributed by atoms with Gasteiger partial charge in [0.2, 0.25) is 0 Å². The first-order chi connectivity index (χ1) is 10.2. The van der Waals surface area contributed by atoms with E-state index in [1.807, 2.05) is 24.4 Å².